The van der Waals surface area contributed by atoms with Crippen LogP contribution in [0.1, 0.15) is 10.4 Å². The molecule has 0 unspecified atom stereocenters. The molecule has 0 amide bonds. The molecule has 0 radical (unpaired) electrons. The van der Waals surface area contributed by atoms with Gasteiger partial charge in [-0.25, -0.2) is 0 Å². The molecule has 9 aromatic rings. The van der Waals surface area contributed by atoms with E-state index in [1.54, 1.807) is 0 Å². The van der Waals surface area contributed by atoms with E-state index in [9.17, 15) is 0 Å². The van der Waals surface area contributed by atoms with E-state index in [1.165, 1.54) is 86.6 Å². The van der Waals surface area contributed by atoms with Crippen molar-refractivity contribution in [3.63, 3.8) is 0 Å². The summed E-state index contributed by atoms with van der Waals surface area (Å²) in [5, 5.41) is 6.40. The van der Waals surface area contributed by atoms with Crippen LogP contribution in [0.3, 0.4) is 0 Å². The van der Waals surface area contributed by atoms with Crippen LogP contribution in [-0.4, -0.2) is 9.13 Å². The number of allylic oxidation sites excluding steroid dienone is 2. The molecule has 0 aliphatic heterocycles. The maximum absolute atomic E-state index is 3.94. The number of aromatic nitrogens is 2. The zero-order chi connectivity index (χ0) is 30.8. The third-order valence-corrected chi connectivity index (χ3v) is 10.3. The van der Waals surface area contributed by atoms with Crippen LogP contribution in [0.15, 0.2) is 152 Å². The number of hydrogen-bond acceptors (Lipinski definition) is 1. The standard InChI is InChI=1S/C43H30N2S/c1-3-4-17-33-28(2)46-41-25-24-40-42(43(33)41)36-27-30(21-23-39(36)45(40)32-15-9-6-10-16-32)29-20-22-38-35(26-29)34-18-11-12-19-37(34)44(38)31-13-7-5-8-14-31/h3-27H,1H2,2H3/b17-4-. The molecule has 0 N–H and O–H groups in total. The first kappa shape index (κ1) is 26.7. The van der Waals surface area contributed by atoms with Gasteiger partial charge in [-0.05, 0) is 90.3 Å². The molecule has 0 bridgehead atoms. The second-order valence-electron chi connectivity index (χ2n) is 11.8. The van der Waals surface area contributed by atoms with E-state index in [4.69, 9.17) is 0 Å². The topological polar surface area (TPSA) is 9.86 Å². The summed E-state index contributed by atoms with van der Waals surface area (Å²) >= 11 is 1.86. The maximum atomic E-state index is 3.94. The lowest BCUT2D eigenvalue weighted by Crippen LogP contribution is -1.93. The fourth-order valence-corrected chi connectivity index (χ4v) is 8.31. The zero-order valence-corrected chi connectivity index (χ0v) is 26.3. The Morgan fingerprint density at radius 3 is 1.80 bits per heavy atom. The molecule has 3 heterocycles. The minimum absolute atomic E-state index is 1.17. The van der Waals surface area contributed by atoms with E-state index >= 15 is 0 Å². The molecular formula is C43H30N2S. The average molecular weight is 607 g/mol. The summed E-state index contributed by atoms with van der Waals surface area (Å²) in [4.78, 5) is 1.32. The van der Waals surface area contributed by atoms with E-state index in [0.717, 1.165) is 0 Å². The largest absolute Gasteiger partial charge is 0.309 e. The maximum Gasteiger partial charge on any atom is 0.0548 e. The molecule has 0 fully saturated rings. The number of rotatable bonds is 5. The van der Waals surface area contributed by atoms with Gasteiger partial charge in [-0.3, -0.25) is 0 Å². The molecule has 2 nitrogen and oxygen atoms in total. The first-order valence-corrected chi connectivity index (χ1v) is 16.5. The summed E-state index contributed by atoms with van der Waals surface area (Å²) in [6, 6.07) is 48.6. The van der Waals surface area contributed by atoms with Crippen LogP contribution < -0.4 is 0 Å². The van der Waals surface area contributed by atoms with E-state index in [2.05, 4.69) is 168 Å². The summed E-state index contributed by atoms with van der Waals surface area (Å²) in [5.74, 6) is 0. The fraction of sp³-hybridized carbons (Fsp3) is 0.0233. The smallest absolute Gasteiger partial charge is 0.0548 e. The minimum atomic E-state index is 1.17. The quantitative estimate of drug-likeness (QED) is 0.173. The van der Waals surface area contributed by atoms with Crippen LogP contribution in [-0.2, 0) is 0 Å². The first-order chi connectivity index (χ1) is 22.7. The van der Waals surface area contributed by atoms with E-state index in [-0.39, 0.29) is 0 Å². The molecule has 0 aliphatic carbocycles. The Balaban J connectivity index is 1.34. The molecule has 46 heavy (non-hydrogen) atoms. The monoisotopic (exact) mass is 606 g/mol. The van der Waals surface area contributed by atoms with Crippen molar-refractivity contribution in [3.8, 4) is 22.5 Å². The second-order valence-corrected chi connectivity index (χ2v) is 13.1. The van der Waals surface area contributed by atoms with Gasteiger partial charge in [0.2, 0.25) is 0 Å². The first-order valence-electron chi connectivity index (χ1n) is 15.6. The molecule has 0 saturated heterocycles. The lowest BCUT2D eigenvalue weighted by atomic mass is 9.99. The highest BCUT2D eigenvalue weighted by Crippen LogP contribution is 2.44. The van der Waals surface area contributed by atoms with Crippen molar-refractivity contribution in [2.45, 2.75) is 6.92 Å². The van der Waals surface area contributed by atoms with Gasteiger partial charge in [-0.1, -0.05) is 91.5 Å². The van der Waals surface area contributed by atoms with Crippen molar-refractivity contribution >= 4 is 71.1 Å². The molecule has 3 heteroatoms. The van der Waals surface area contributed by atoms with Crippen molar-refractivity contribution in [2.24, 2.45) is 0 Å². The minimum Gasteiger partial charge on any atom is -0.309 e. The van der Waals surface area contributed by atoms with Gasteiger partial charge in [0.25, 0.3) is 0 Å². The molecule has 0 saturated carbocycles. The number of para-hydroxylation sites is 3. The third-order valence-electron chi connectivity index (χ3n) is 9.24. The molecule has 0 aliphatic rings. The van der Waals surface area contributed by atoms with Gasteiger partial charge in [0.15, 0.2) is 0 Å². The summed E-state index contributed by atoms with van der Waals surface area (Å²) in [7, 11) is 0. The Kier molecular flexibility index (Phi) is 6.09. The highest BCUT2D eigenvalue weighted by molar-refractivity contribution is 7.19. The number of hydrogen-bond donors (Lipinski definition) is 0. The SMILES string of the molecule is C=C/C=C\c1c(C)sc2ccc3c(c4cc(-c5ccc6c(c5)c5ccccc5n6-c5ccccc5)ccc4n3-c3ccccc3)c12. The summed E-state index contributed by atoms with van der Waals surface area (Å²) in [6.45, 7) is 6.17. The van der Waals surface area contributed by atoms with Crippen molar-refractivity contribution in [3.05, 3.63) is 163 Å². The van der Waals surface area contributed by atoms with Crippen molar-refractivity contribution < 1.29 is 0 Å². The Bertz CT molecular complexity index is 2650. The van der Waals surface area contributed by atoms with Gasteiger partial charge in [0.05, 0.1) is 22.1 Å². The summed E-state index contributed by atoms with van der Waals surface area (Å²) < 4.78 is 6.10. The van der Waals surface area contributed by atoms with E-state index in [0.29, 0.717) is 0 Å². The number of aryl methyl sites for hydroxylation is 1. The van der Waals surface area contributed by atoms with Crippen molar-refractivity contribution in [1.82, 2.24) is 9.13 Å². The fourth-order valence-electron chi connectivity index (χ4n) is 7.25. The van der Waals surface area contributed by atoms with Gasteiger partial charge in [-0.2, -0.15) is 0 Å². The third kappa shape index (κ3) is 3.95. The zero-order valence-electron chi connectivity index (χ0n) is 25.4. The van der Waals surface area contributed by atoms with E-state index in [1.807, 2.05) is 17.4 Å². The van der Waals surface area contributed by atoms with Crippen LogP contribution in [0.2, 0.25) is 0 Å². The van der Waals surface area contributed by atoms with E-state index < -0.39 is 0 Å². The molecule has 218 valence electrons. The van der Waals surface area contributed by atoms with Crippen LogP contribution in [0.4, 0.5) is 0 Å². The number of nitrogens with zero attached hydrogens (tertiary/aromatic N) is 2. The number of benzene rings is 6. The molecule has 9 rings (SSSR count). The Morgan fingerprint density at radius 1 is 0.543 bits per heavy atom. The highest BCUT2D eigenvalue weighted by atomic mass is 32.1. The number of thiophene rings is 1. The van der Waals surface area contributed by atoms with Gasteiger partial charge >= 0.3 is 0 Å². The van der Waals surface area contributed by atoms with Gasteiger partial charge in [0, 0.05) is 47.9 Å². The molecule has 3 aromatic heterocycles. The molecule has 0 atom stereocenters. The highest BCUT2D eigenvalue weighted by Gasteiger charge is 2.20. The Labute approximate surface area is 271 Å². The molecule has 0 spiro atoms. The van der Waals surface area contributed by atoms with Crippen molar-refractivity contribution in [2.75, 3.05) is 0 Å². The van der Waals surface area contributed by atoms with Gasteiger partial charge in [0.1, 0.15) is 0 Å². The number of fused-ring (bicyclic) bond motifs is 8. The van der Waals surface area contributed by atoms with Crippen molar-refractivity contribution in [1.29, 1.82) is 0 Å². The van der Waals surface area contributed by atoms with Gasteiger partial charge in [-0.15, -0.1) is 11.3 Å². The summed E-state index contributed by atoms with van der Waals surface area (Å²) in [5.41, 5.74) is 10.9. The van der Waals surface area contributed by atoms with Crippen LogP contribution in [0.25, 0.3) is 82.3 Å². The molecular weight excluding hydrogens is 577 g/mol. The average Bonchev–Trinajstić information content (AvgIpc) is 3.73. The van der Waals surface area contributed by atoms with Crippen LogP contribution in [0.5, 0.6) is 0 Å². The predicted octanol–water partition coefficient (Wildman–Crippen LogP) is 12.3. The molecule has 6 aromatic carbocycles. The lowest BCUT2D eigenvalue weighted by molar-refractivity contribution is 1.18. The Morgan fingerprint density at radius 2 is 1.11 bits per heavy atom. The predicted molar refractivity (Wildman–Crippen MR) is 200 cm³/mol. The van der Waals surface area contributed by atoms with Crippen LogP contribution in [0, 0.1) is 6.92 Å². The van der Waals surface area contributed by atoms with Gasteiger partial charge < -0.3 is 9.13 Å². The Hall–Kier alpha value is -5.64. The summed E-state index contributed by atoms with van der Waals surface area (Å²) in [6.07, 6.45) is 6.13. The second kappa shape index (κ2) is 10.5. The van der Waals surface area contributed by atoms with Crippen LogP contribution >= 0.6 is 11.3 Å². The lowest BCUT2D eigenvalue weighted by Gasteiger charge is -2.09. The normalized spacial score (nSPS) is 12.0.